The average molecular weight is 504 g/mol. The molecular weight excluding hydrogens is 474 g/mol. The van der Waals surface area contributed by atoms with Gasteiger partial charge in [0.15, 0.2) is 11.6 Å². The van der Waals surface area contributed by atoms with Crippen molar-refractivity contribution in [2.75, 3.05) is 28.6 Å². The minimum Gasteiger partial charge on any atom is -0.366 e. The fourth-order valence-corrected chi connectivity index (χ4v) is 5.14. The zero-order valence-corrected chi connectivity index (χ0v) is 21.3. The van der Waals surface area contributed by atoms with Crippen LogP contribution in [0.25, 0.3) is 5.65 Å². The molecule has 2 N–H and O–H groups in total. The first-order valence-corrected chi connectivity index (χ1v) is 13.0. The van der Waals surface area contributed by atoms with Crippen molar-refractivity contribution in [3.63, 3.8) is 0 Å². The number of anilines is 4. The summed E-state index contributed by atoms with van der Waals surface area (Å²) in [6.07, 6.45) is 10.2. The number of rotatable bonds is 7. The van der Waals surface area contributed by atoms with Crippen LogP contribution in [-0.2, 0) is 0 Å². The van der Waals surface area contributed by atoms with E-state index in [1.807, 2.05) is 31.3 Å². The summed E-state index contributed by atoms with van der Waals surface area (Å²) in [5.41, 5.74) is 4.03. The molecule has 6 rings (SSSR count). The van der Waals surface area contributed by atoms with Crippen LogP contribution in [0.4, 0.5) is 23.3 Å². The molecule has 2 unspecified atom stereocenters. The maximum Gasteiger partial charge on any atom is 0.229 e. The van der Waals surface area contributed by atoms with Crippen molar-refractivity contribution >= 4 is 40.5 Å². The molecule has 9 nitrogen and oxygen atoms in total. The number of nitrogens with one attached hydrogen (secondary N) is 2. The predicted octanol–water partition coefficient (Wildman–Crippen LogP) is 5.21. The van der Waals surface area contributed by atoms with Gasteiger partial charge >= 0.3 is 0 Å². The fourth-order valence-electron chi connectivity index (χ4n) is 5.00. The van der Waals surface area contributed by atoms with Crippen molar-refractivity contribution in [3.8, 4) is 0 Å². The van der Waals surface area contributed by atoms with Gasteiger partial charge in [0.25, 0.3) is 0 Å². The van der Waals surface area contributed by atoms with Gasteiger partial charge in [-0.3, -0.25) is 0 Å². The van der Waals surface area contributed by atoms with Gasteiger partial charge in [-0.05, 0) is 56.7 Å². The number of piperidine rings is 1. The van der Waals surface area contributed by atoms with Crippen LogP contribution in [0.5, 0.6) is 0 Å². The van der Waals surface area contributed by atoms with E-state index in [1.165, 1.54) is 18.5 Å². The Morgan fingerprint density at radius 1 is 1.08 bits per heavy atom. The number of aryl methyl sites for hydroxylation is 1. The van der Waals surface area contributed by atoms with Crippen LogP contribution in [0.2, 0.25) is 5.02 Å². The molecule has 2 aliphatic rings. The Labute approximate surface area is 215 Å². The predicted molar refractivity (Wildman–Crippen MR) is 142 cm³/mol. The SMILES string of the molecule is CCC1CN(c2ccc(C)nn2)CCC1Nc1nc(Nc2ccn3c(C4CC4)cnc3c2)ncc1Cl. The van der Waals surface area contributed by atoms with Crippen LogP contribution in [0.1, 0.15) is 49.9 Å². The van der Waals surface area contributed by atoms with Crippen molar-refractivity contribution in [1.82, 2.24) is 29.5 Å². The molecule has 0 bridgehead atoms. The summed E-state index contributed by atoms with van der Waals surface area (Å²) in [5.74, 6) is 3.16. The Balaban J connectivity index is 1.15. The molecule has 2 atom stereocenters. The lowest BCUT2D eigenvalue weighted by molar-refractivity contribution is 0.365. The molecule has 10 heteroatoms. The zero-order chi connectivity index (χ0) is 24.6. The molecular formula is C26H30ClN9. The van der Waals surface area contributed by atoms with Crippen LogP contribution in [0, 0.1) is 12.8 Å². The van der Waals surface area contributed by atoms with Crippen LogP contribution in [-0.4, -0.2) is 48.7 Å². The maximum atomic E-state index is 6.51. The molecule has 1 aliphatic carbocycles. The molecule has 0 aromatic carbocycles. The topological polar surface area (TPSA) is 96.2 Å². The molecule has 186 valence electrons. The molecule has 4 aromatic rings. The smallest absolute Gasteiger partial charge is 0.229 e. The third-order valence-corrected chi connectivity index (χ3v) is 7.50. The highest BCUT2D eigenvalue weighted by Crippen LogP contribution is 2.40. The van der Waals surface area contributed by atoms with Crippen molar-refractivity contribution in [3.05, 3.63) is 59.3 Å². The first-order chi connectivity index (χ1) is 17.6. The second-order valence-electron chi connectivity index (χ2n) is 9.80. The minimum atomic E-state index is 0.257. The standard InChI is InChI=1S/C26H30ClN9/c1-3-17-15-35(23-7-4-16(2)33-34-23)10-9-21(17)31-25-20(27)13-29-26(32-25)30-19-8-11-36-22(18-5-6-18)14-28-24(36)12-19/h4,7-8,11-14,17-18,21H,3,5-6,9-10,15H2,1-2H3,(H2,29,30,31,32). The Hall–Kier alpha value is -3.46. The van der Waals surface area contributed by atoms with E-state index in [-0.39, 0.29) is 6.04 Å². The minimum absolute atomic E-state index is 0.257. The van der Waals surface area contributed by atoms with E-state index in [0.29, 0.717) is 28.6 Å². The van der Waals surface area contributed by atoms with Gasteiger partial charge in [0.1, 0.15) is 10.7 Å². The fraction of sp³-hybridized carbons (Fsp3) is 0.423. The summed E-state index contributed by atoms with van der Waals surface area (Å²) in [5, 5.41) is 16.0. The number of imidazole rings is 1. The molecule has 4 aromatic heterocycles. The van der Waals surface area contributed by atoms with E-state index in [2.05, 4.69) is 59.3 Å². The summed E-state index contributed by atoms with van der Waals surface area (Å²) in [6, 6.07) is 8.37. The number of nitrogens with zero attached hydrogens (tertiary/aromatic N) is 7. The lowest BCUT2D eigenvalue weighted by atomic mass is 9.90. The van der Waals surface area contributed by atoms with Gasteiger partial charge < -0.3 is 19.9 Å². The highest BCUT2D eigenvalue weighted by Gasteiger charge is 2.30. The number of pyridine rings is 1. The number of fused-ring (bicyclic) bond motifs is 1. The molecule has 1 saturated carbocycles. The van der Waals surface area contributed by atoms with E-state index in [1.54, 1.807) is 6.20 Å². The van der Waals surface area contributed by atoms with E-state index in [0.717, 1.165) is 48.8 Å². The molecule has 2 fully saturated rings. The van der Waals surface area contributed by atoms with E-state index < -0.39 is 0 Å². The molecule has 0 spiro atoms. The highest BCUT2D eigenvalue weighted by molar-refractivity contribution is 6.32. The van der Waals surface area contributed by atoms with Crippen molar-refractivity contribution in [1.29, 1.82) is 0 Å². The molecule has 0 radical (unpaired) electrons. The van der Waals surface area contributed by atoms with Crippen LogP contribution >= 0.6 is 11.6 Å². The summed E-state index contributed by atoms with van der Waals surface area (Å²) < 4.78 is 2.16. The summed E-state index contributed by atoms with van der Waals surface area (Å²) in [4.78, 5) is 16.0. The third-order valence-electron chi connectivity index (χ3n) is 7.23. The largest absolute Gasteiger partial charge is 0.366 e. The van der Waals surface area contributed by atoms with Crippen molar-refractivity contribution in [2.24, 2.45) is 5.92 Å². The van der Waals surface area contributed by atoms with Crippen LogP contribution in [0.3, 0.4) is 0 Å². The normalized spacial score (nSPS) is 20.0. The number of aromatic nitrogens is 6. The van der Waals surface area contributed by atoms with Gasteiger partial charge in [-0.1, -0.05) is 18.5 Å². The van der Waals surface area contributed by atoms with Gasteiger partial charge in [-0.15, -0.1) is 5.10 Å². The summed E-state index contributed by atoms with van der Waals surface area (Å²) in [7, 11) is 0. The molecule has 36 heavy (non-hydrogen) atoms. The van der Waals surface area contributed by atoms with Gasteiger partial charge in [-0.25, -0.2) is 9.97 Å². The van der Waals surface area contributed by atoms with Crippen molar-refractivity contribution < 1.29 is 0 Å². The Bertz CT molecular complexity index is 1370. The number of hydrogen-bond donors (Lipinski definition) is 2. The van der Waals surface area contributed by atoms with Crippen LogP contribution < -0.4 is 15.5 Å². The Morgan fingerprint density at radius 3 is 2.75 bits per heavy atom. The number of halogens is 1. The first kappa shape index (κ1) is 23.0. The Kier molecular flexibility index (Phi) is 6.08. The summed E-state index contributed by atoms with van der Waals surface area (Å²) >= 11 is 6.51. The van der Waals surface area contributed by atoms with Gasteiger partial charge in [-0.2, -0.15) is 10.1 Å². The maximum absolute atomic E-state index is 6.51. The van der Waals surface area contributed by atoms with Gasteiger partial charge in [0.2, 0.25) is 5.95 Å². The van der Waals surface area contributed by atoms with E-state index >= 15 is 0 Å². The van der Waals surface area contributed by atoms with E-state index in [9.17, 15) is 0 Å². The van der Waals surface area contributed by atoms with Crippen molar-refractivity contribution in [2.45, 2.75) is 51.5 Å². The third kappa shape index (κ3) is 4.67. The molecule has 0 amide bonds. The summed E-state index contributed by atoms with van der Waals surface area (Å²) in [6.45, 7) is 5.98. The second-order valence-corrected chi connectivity index (χ2v) is 10.2. The van der Waals surface area contributed by atoms with Gasteiger partial charge in [0.05, 0.1) is 11.9 Å². The van der Waals surface area contributed by atoms with Crippen LogP contribution in [0.15, 0.2) is 42.9 Å². The molecule has 5 heterocycles. The first-order valence-electron chi connectivity index (χ1n) is 12.7. The highest BCUT2D eigenvalue weighted by atomic mass is 35.5. The molecule has 1 aliphatic heterocycles. The lowest BCUT2D eigenvalue weighted by Gasteiger charge is -2.39. The average Bonchev–Trinajstić information content (AvgIpc) is 3.65. The lowest BCUT2D eigenvalue weighted by Crippen LogP contribution is -2.46. The quantitative estimate of drug-likeness (QED) is 0.354. The second kappa shape index (κ2) is 9.54. The van der Waals surface area contributed by atoms with E-state index in [4.69, 9.17) is 16.6 Å². The number of hydrogen-bond acceptors (Lipinski definition) is 8. The Morgan fingerprint density at radius 2 is 1.97 bits per heavy atom. The monoisotopic (exact) mass is 503 g/mol. The zero-order valence-electron chi connectivity index (χ0n) is 20.5. The van der Waals surface area contributed by atoms with Gasteiger partial charge in [0, 0.05) is 54.9 Å². The molecule has 1 saturated heterocycles.